The number of amides is 1. The van der Waals surface area contributed by atoms with Gasteiger partial charge in [-0.1, -0.05) is 30.3 Å². The normalized spacial score (nSPS) is 16.0. The van der Waals surface area contributed by atoms with Crippen LogP contribution in [0.15, 0.2) is 77.0 Å². The van der Waals surface area contributed by atoms with Crippen LogP contribution in [0.3, 0.4) is 0 Å². The van der Waals surface area contributed by atoms with Gasteiger partial charge < -0.3 is 10.1 Å². The molecule has 7 nitrogen and oxygen atoms in total. The molecule has 34 heavy (non-hydrogen) atoms. The summed E-state index contributed by atoms with van der Waals surface area (Å²) in [6.45, 7) is 2.31. The lowest BCUT2D eigenvalue weighted by molar-refractivity contribution is -0.117. The molecule has 2 aromatic carbocycles. The molecule has 0 unspecified atom stereocenters. The van der Waals surface area contributed by atoms with Gasteiger partial charge in [0, 0.05) is 37.3 Å². The number of para-hydroxylation sites is 1. The second-order valence-corrected chi connectivity index (χ2v) is 11.3. The first-order valence-corrected chi connectivity index (χ1v) is 13.5. The largest absolute Gasteiger partial charge is 0.377 e. The summed E-state index contributed by atoms with van der Waals surface area (Å²) in [7, 11) is -2.25. The molecule has 3 aromatic rings. The lowest BCUT2D eigenvalue weighted by atomic mass is 10.2. The van der Waals surface area contributed by atoms with Crippen molar-refractivity contribution >= 4 is 38.6 Å². The van der Waals surface area contributed by atoms with Gasteiger partial charge in [0.05, 0.1) is 23.2 Å². The van der Waals surface area contributed by atoms with E-state index < -0.39 is 10.0 Å². The van der Waals surface area contributed by atoms with E-state index in [1.807, 2.05) is 17.5 Å². The molecule has 0 radical (unpaired) electrons. The smallest absolute Gasteiger partial charge is 0.264 e. The molecule has 1 fully saturated rings. The zero-order chi connectivity index (χ0) is 24.0. The number of anilines is 2. The molecule has 1 saturated heterocycles. The van der Waals surface area contributed by atoms with E-state index in [2.05, 4.69) is 16.3 Å². The second-order valence-electron chi connectivity index (χ2n) is 8.27. The Morgan fingerprint density at radius 3 is 2.65 bits per heavy atom. The van der Waals surface area contributed by atoms with Crippen LogP contribution in [-0.4, -0.2) is 52.1 Å². The van der Waals surface area contributed by atoms with E-state index in [4.69, 9.17) is 4.74 Å². The molecular formula is C25H29N3O4S2. The summed E-state index contributed by atoms with van der Waals surface area (Å²) >= 11 is 1.66. The Bertz CT molecular complexity index is 1180. The van der Waals surface area contributed by atoms with Crippen molar-refractivity contribution in [1.29, 1.82) is 0 Å². The van der Waals surface area contributed by atoms with Crippen LogP contribution in [-0.2, 0) is 26.1 Å². The summed E-state index contributed by atoms with van der Waals surface area (Å²) in [5, 5.41) is 4.89. The Labute approximate surface area is 205 Å². The fourth-order valence-corrected chi connectivity index (χ4v) is 5.95. The highest BCUT2D eigenvalue weighted by molar-refractivity contribution is 7.92. The highest BCUT2D eigenvalue weighted by Gasteiger charge is 2.23. The number of carbonyl (C=O) groups is 1. The quantitative estimate of drug-likeness (QED) is 0.453. The first-order valence-electron chi connectivity index (χ1n) is 11.2. The van der Waals surface area contributed by atoms with E-state index in [1.54, 1.807) is 47.7 Å². The van der Waals surface area contributed by atoms with Crippen LogP contribution >= 0.6 is 11.3 Å². The zero-order valence-electron chi connectivity index (χ0n) is 19.1. The number of hydrogen-bond acceptors (Lipinski definition) is 6. The van der Waals surface area contributed by atoms with E-state index in [9.17, 15) is 13.2 Å². The van der Waals surface area contributed by atoms with Crippen molar-refractivity contribution in [3.63, 3.8) is 0 Å². The Kier molecular flexibility index (Phi) is 7.99. The second kappa shape index (κ2) is 11.1. The van der Waals surface area contributed by atoms with Gasteiger partial charge >= 0.3 is 0 Å². The van der Waals surface area contributed by atoms with Gasteiger partial charge in [-0.15, -0.1) is 11.3 Å². The summed E-state index contributed by atoms with van der Waals surface area (Å²) in [5.74, 6) is -0.194. The van der Waals surface area contributed by atoms with Gasteiger partial charge in [-0.3, -0.25) is 14.0 Å². The van der Waals surface area contributed by atoms with E-state index >= 15 is 0 Å². The van der Waals surface area contributed by atoms with Crippen LogP contribution in [0.2, 0.25) is 0 Å². The van der Waals surface area contributed by atoms with Gasteiger partial charge in [-0.05, 0) is 54.6 Å². The van der Waals surface area contributed by atoms with Crippen molar-refractivity contribution in [2.24, 2.45) is 0 Å². The van der Waals surface area contributed by atoms with Crippen LogP contribution in [0, 0.1) is 0 Å². The number of nitrogens with one attached hydrogen (secondary N) is 1. The molecule has 1 N–H and O–H groups in total. The van der Waals surface area contributed by atoms with E-state index in [0.29, 0.717) is 24.5 Å². The Balaban J connectivity index is 1.44. The molecular weight excluding hydrogens is 470 g/mol. The number of hydrogen-bond donors (Lipinski definition) is 1. The SMILES string of the molecule is CN(c1ccccc1)S(=O)(=O)c1cccc(NC(=O)CN(Cc2cccs2)C[C@@H]2CCCO2)c1. The fourth-order valence-electron chi connectivity index (χ4n) is 3.96. The van der Waals surface area contributed by atoms with E-state index in [-0.39, 0.29) is 23.5 Å². The van der Waals surface area contributed by atoms with Gasteiger partial charge in [0.2, 0.25) is 5.91 Å². The molecule has 0 bridgehead atoms. The lowest BCUT2D eigenvalue weighted by Gasteiger charge is -2.24. The van der Waals surface area contributed by atoms with E-state index in [0.717, 1.165) is 19.4 Å². The first-order chi connectivity index (χ1) is 16.4. The molecule has 4 rings (SSSR count). The number of benzene rings is 2. The first kappa shape index (κ1) is 24.4. The van der Waals surface area contributed by atoms with Gasteiger partial charge in [0.15, 0.2) is 0 Å². The van der Waals surface area contributed by atoms with Crippen molar-refractivity contribution in [3.8, 4) is 0 Å². The number of rotatable bonds is 10. The summed E-state index contributed by atoms with van der Waals surface area (Å²) in [6, 6.07) is 19.3. The highest BCUT2D eigenvalue weighted by atomic mass is 32.2. The topological polar surface area (TPSA) is 79.0 Å². The summed E-state index contributed by atoms with van der Waals surface area (Å²) < 4.78 is 33.2. The van der Waals surface area contributed by atoms with Crippen molar-refractivity contribution in [2.75, 3.05) is 36.4 Å². The van der Waals surface area contributed by atoms with Crippen molar-refractivity contribution in [1.82, 2.24) is 4.90 Å². The maximum absolute atomic E-state index is 13.1. The average molecular weight is 500 g/mol. The number of nitrogens with zero attached hydrogens (tertiary/aromatic N) is 2. The Morgan fingerprint density at radius 1 is 1.12 bits per heavy atom. The van der Waals surface area contributed by atoms with Crippen LogP contribution in [0.5, 0.6) is 0 Å². The summed E-state index contributed by atoms with van der Waals surface area (Å²) in [5.41, 5.74) is 1.01. The van der Waals surface area contributed by atoms with E-state index in [1.165, 1.54) is 28.4 Å². The van der Waals surface area contributed by atoms with Gasteiger partial charge in [-0.25, -0.2) is 8.42 Å². The molecule has 2 heterocycles. The molecule has 1 atom stereocenters. The maximum Gasteiger partial charge on any atom is 0.264 e. The molecule has 1 aliphatic heterocycles. The molecule has 1 aromatic heterocycles. The van der Waals surface area contributed by atoms with Crippen molar-refractivity contribution in [2.45, 2.75) is 30.4 Å². The monoisotopic (exact) mass is 499 g/mol. The summed E-state index contributed by atoms with van der Waals surface area (Å²) in [4.78, 5) is 16.3. The van der Waals surface area contributed by atoms with Crippen LogP contribution in [0.4, 0.5) is 11.4 Å². The molecule has 180 valence electrons. The average Bonchev–Trinajstić information content (AvgIpc) is 3.54. The zero-order valence-corrected chi connectivity index (χ0v) is 20.7. The number of sulfonamides is 1. The van der Waals surface area contributed by atoms with Crippen molar-refractivity contribution < 1.29 is 17.9 Å². The van der Waals surface area contributed by atoms with Gasteiger partial charge in [0.25, 0.3) is 10.0 Å². The number of carbonyl (C=O) groups excluding carboxylic acids is 1. The molecule has 1 amide bonds. The maximum atomic E-state index is 13.1. The standard InChI is InChI=1S/C25H29N3O4S2/c1-27(21-9-3-2-4-10-21)34(30,31)24-13-5-8-20(16-24)26-25(29)19-28(17-22-11-6-14-32-22)18-23-12-7-15-33-23/h2-5,7-10,12-13,15-16,22H,6,11,14,17-19H2,1H3,(H,26,29)/t22-/m0/s1. The van der Waals surface area contributed by atoms with Crippen molar-refractivity contribution in [3.05, 3.63) is 77.0 Å². The third kappa shape index (κ3) is 6.24. The summed E-state index contributed by atoms with van der Waals surface area (Å²) in [6.07, 6.45) is 2.18. The Morgan fingerprint density at radius 2 is 1.94 bits per heavy atom. The predicted molar refractivity (Wildman–Crippen MR) is 136 cm³/mol. The molecule has 9 heteroatoms. The number of ether oxygens (including phenoxy) is 1. The fraction of sp³-hybridized carbons (Fsp3) is 0.320. The minimum atomic E-state index is -3.77. The number of thiophene rings is 1. The Hall–Kier alpha value is -2.72. The van der Waals surface area contributed by atoms with Crippen LogP contribution in [0.1, 0.15) is 17.7 Å². The molecule has 1 aliphatic rings. The minimum Gasteiger partial charge on any atom is -0.377 e. The lowest BCUT2D eigenvalue weighted by Crippen LogP contribution is -2.37. The predicted octanol–water partition coefficient (Wildman–Crippen LogP) is 4.19. The third-order valence-corrected chi connectivity index (χ3v) is 8.35. The van der Waals surface area contributed by atoms with Gasteiger partial charge in [0.1, 0.15) is 0 Å². The molecule has 0 spiro atoms. The van der Waals surface area contributed by atoms with Crippen LogP contribution in [0.25, 0.3) is 0 Å². The molecule has 0 aliphatic carbocycles. The molecule has 0 saturated carbocycles. The van der Waals surface area contributed by atoms with Crippen LogP contribution < -0.4 is 9.62 Å². The minimum absolute atomic E-state index is 0.117. The third-order valence-electron chi connectivity index (χ3n) is 5.71. The highest BCUT2D eigenvalue weighted by Crippen LogP contribution is 2.24. The van der Waals surface area contributed by atoms with Gasteiger partial charge in [-0.2, -0.15) is 0 Å².